The first-order valence-corrected chi connectivity index (χ1v) is 25.3. The summed E-state index contributed by atoms with van der Waals surface area (Å²) in [4.78, 5) is 16.2. The maximum atomic E-state index is 5.85. The number of piperazine rings is 1. The van der Waals surface area contributed by atoms with E-state index in [4.69, 9.17) is 28.9 Å². The van der Waals surface area contributed by atoms with E-state index in [1.165, 1.54) is 43.7 Å². The number of benzene rings is 6. The monoisotopic (exact) mass is 954 g/mol. The zero-order valence-corrected chi connectivity index (χ0v) is 41.8. The molecule has 364 valence electrons. The van der Waals surface area contributed by atoms with Crippen molar-refractivity contribution in [2.75, 3.05) is 54.6 Å². The third kappa shape index (κ3) is 9.36. The van der Waals surface area contributed by atoms with Crippen LogP contribution in [0.2, 0.25) is 0 Å². The fourth-order valence-electron chi connectivity index (χ4n) is 11.0. The minimum atomic E-state index is 0.687. The van der Waals surface area contributed by atoms with Crippen LogP contribution in [0.1, 0.15) is 35.4 Å². The van der Waals surface area contributed by atoms with E-state index in [0.29, 0.717) is 23.0 Å². The van der Waals surface area contributed by atoms with Gasteiger partial charge in [-0.2, -0.15) is 0 Å². The number of pyridine rings is 2. The van der Waals surface area contributed by atoms with Crippen molar-refractivity contribution in [3.63, 3.8) is 0 Å². The van der Waals surface area contributed by atoms with E-state index >= 15 is 0 Å². The first-order valence-electron chi connectivity index (χ1n) is 25.3. The van der Waals surface area contributed by atoms with Gasteiger partial charge in [-0.1, -0.05) is 97.1 Å². The number of hydrogen-bond acceptors (Lipinski definition) is 8. The van der Waals surface area contributed by atoms with Gasteiger partial charge in [0.2, 0.25) is 0 Å². The summed E-state index contributed by atoms with van der Waals surface area (Å²) in [6, 6.07) is 56.2. The average Bonchev–Trinajstić information content (AvgIpc) is 3.92. The minimum Gasteiger partial charge on any atom is -0.493 e. The van der Waals surface area contributed by atoms with Crippen LogP contribution in [0, 0.1) is 0 Å². The molecular weight excluding hydrogens is 893 g/mol. The Labute approximate surface area is 422 Å². The van der Waals surface area contributed by atoms with Crippen LogP contribution in [-0.2, 0) is 39.0 Å². The Balaban J connectivity index is 0.891. The molecule has 1 aliphatic rings. The molecule has 1 fully saturated rings. The summed E-state index contributed by atoms with van der Waals surface area (Å²) in [6.07, 6.45) is 4.02. The Morgan fingerprint density at radius 3 is 1.19 bits per heavy atom. The van der Waals surface area contributed by atoms with Crippen LogP contribution < -0.4 is 18.9 Å². The topological polar surface area (TPSA) is 79.0 Å². The van der Waals surface area contributed by atoms with E-state index in [1.807, 2.05) is 12.1 Å². The van der Waals surface area contributed by atoms with Gasteiger partial charge in [-0.15, -0.1) is 0 Å². The second-order valence-corrected chi connectivity index (χ2v) is 18.9. The molecule has 1 saturated heterocycles. The number of ether oxygens (including phenoxy) is 4. The summed E-state index contributed by atoms with van der Waals surface area (Å²) in [6.45, 7) is 6.89. The van der Waals surface area contributed by atoms with E-state index < -0.39 is 0 Å². The lowest BCUT2D eigenvalue weighted by Crippen LogP contribution is -2.45. The molecule has 4 aromatic heterocycles. The highest BCUT2D eigenvalue weighted by atomic mass is 16.5. The maximum absolute atomic E-state index is 5.85. The molecule has 1 aliphatic heterocycles. The van der Waals surface area contributed by atoms with Crippen LogP contribution in [0.5, 0.6) is 23.0 Å². The molecule has 6 aromatic carbocycles. The van der Waals surface area contributed by atoms with Crippen molar-refractivity contribution in [3.8, 4) is 45.5 Å². The van der Waals surface area contributed by atoms with Crippen molar-refractivity contribution in [1.29, 1.82) is 0 Å². The molecule has 11 rings (SSSR count). The Hall–Kier alpha value is -7.66. The van der Waals surface area contributed by atoms with Crippen LogP contribution >= 0.6 is 0 Å². The van der Waals surface area contributed by atoms with Crippen LogP contribution in [-0.4, -0.2) is 83.5 Å². The summed E-state index contributed by atoms with van der Waals surface area (Å²) in [5, 5.41) is 4.94. The summed E-state index contributed by atoms with van der Waals surface area (Å²) in [5.74, 6) is 2.77. The number of para-hydroxylation sites is 2. The van der Waals surface area contributed by atoms with Crippen LogP contribution in [0.3, 0.4) is 0 Å². The Kier molecular flexibility index (Phi) is 13.6. The molecule has 10 nitrogen and oxygen atoms in total. The first-order chi connectivity index (χ1) is 35.5. The standard InChI is InChI=1S/C62H62N6O4/c1-69-55-29-27-45(37-57(55)71-3)59-61-51(49-23-11-13-25-53(49)67(61)31-15-21-43-17-7-5-8-18-43)39-47(63-59)41-65-33-35-66(36-34-65)42-48-40-52-50-24-12-14-26-54(50)68(32-16-22-44-19-9-6-10-20-44)62(52)60(64-48)46-28-30-56(70-2)58(38-46)72-4/h5-14,17-20,23-30,37-40H,15-16,21-22,31-36,41-42H2,1-4H3. The Bertz CT molecular complexity index is 3270. The Morgan fingerprint density at radius 1 is 0.403 bits per heavy atom. The van der Waals surface area contributed by atoms with Crippen LogP contribution in [0.25, 0.3) is 66.1 Å². The first kappa shape index (κ1) is 46.7. The highest BCUT2D eigenvalue weighted by Crippen LogP contribution is 2.41. The van der Waals surface area contributed by atoms with Crippen molar-refractivity contribution in [2.24, 2.45) is 0 Å². The SMILES string of the molecule is COc1ccc(-c2nc(CN3CCN(Cc4cc5c6ccccc6n(CCCc6ccccc6)c5c(-c5ccc(OC)c(OC)c5)n4)CC3)cc3c4ccccc4n(CCCc4ccccc4)c23)cc1OC. The van der Waals surface area contributed by atoms with Gasteiger partial charge in [-0.3, -0.25) is 9.80 Å². The van der Waals surface area contributed by atoms with Crippen LogP contribution in [0.15, 0.2) is 158 Å². The summed E-state index contributed by atoms with van der Waals surface area (Å²) in [7, 11) is 6.75. The zero-order valence-electron chi connectivity index (χ0n) is 41.8. The van der Waals surface area contributed by atoms with Crippen molar-refractivity contribution >= 4 is 43.6 Å². The van der Waals surface area contributed by atoms with Crippen molar-refractivity contribution in [1.82, 2.24) is 28.9 Å². The molecule has 0 bridgehead atoms. The van der Waals surface area contributed by atoms with Gasteiger partial charge in [0, 0.05) is 96.1 Å². The lowest BCUT2D eigenvalue weighted by molar-refractivity contribution is 0.120. The highest BCUT2D eigenvalue weighted by Gasteiger charge is 2.25. The predicted molar refractivity (Wildman–Crippen MR) is 292 cm³/mol. The van der Waals surface area contributed by atoms with E-state index in [0.717, 1.165) is 123 Å². The van der Waals surface area contributed by atoms with E-state index in [1.54, 1.807) is 28.4 Å². The fraction of sp³-hybridized carbons (Fsp3) is 0.258. The quantitative estimate of drug-likeness (QED) is 0.0842. The number of aryl methyl sites for hydroxylation is 4. The third-order valence-electron chi connectivity index (χ3n) is 14.5. The highest BCUT2D eigenvalue weighted by molar-refractivity contribution is 6.13. The molecule has 0 amide bonds. The van der Waals surface area contributed by atoms with Gasteiger partial charge >= 0.3 is 0 Å². The average molecular weight is 955 g/mol. The van der Waals surface area contributed by atoms with Crippen LogP contribution in [0.4, 0.5) is 0 Å². The number of hydrogen-bond donors (Lipinski definition) is 0. The maximum Gasteiger partial charge on any atom is 0.161 e. The zero-order chi connectivity index (χ0) is 49.0. The second kappa shape index (κ2) is 21.0. The largest absolute Gasteiger partial charge is 0.493 e. The third-order valence-corrected chi connectivity index (χ3v) is 14.5. The number of fused-ring (bicyclic) bond motifs is 6. The molecule has 72 heavy (non-hydrogen) atoms. The summed E-state index contributed by atoms with van der Waals surface area (Å²) < 4.78 is 28.0. The lowest BCUT2D eigenvalue weighted by Gasteiger charge is -2.34. The number of nitrogens with zero attached hydrogens (tertiary/aromatic N) is 6. The van der Waals surface area contributed by atoms with Crippen molar-refractivity contribution in [3.05, 3.63) is 180 Å². The van der Waals surface area contributed by atoms with Gasteiger partial charge in [-0.25, -0.2) is 9.97 Å². The lowest BCUT2D eigenvalue weighted by atomic mass is 10.0. The minimum absolute atomic E-state index is 0.687. The van der Waals surface area contributed by atoms with E-state index in [-0.39, 0.29) is 0 Å². The molecule has 10 heteroatoms. The summed E-state index contributed by atoms with van der Waals surface area (Å²) >= 11 is 0. The van der Waals surface area contributed by atoms with Gasteiger partial charge in [0.1, 0.15) is 0 Å². The van der Waals surface area contributed by atoms with E-state index in [9.17, 15) is 0 Å². The normalized spacial score (nSPS) is 13.4. The second-order valence-electron chi connectivity index (χ2n) is 18.9. The Morgan fingerprint density at radius 2 is 0.792 bits per heavy atom. The van der Waals surface area contributed by atoms with Gasteiger partial charge in [0.05, 0.1) is 62.2 Å². The molecular formula is C62H62N6O4. The molecule has 0 aliphatic carbocycles. The van der Waals surface area contributed by atoms with Crippen molar-refractivity contribution in [2.45, 2.75) is 51.9 Å². The fourth-order valence-corrected chi connectivity index (χ4v) is 11.0. The molecule has 0 unspecified atom stereocenters. The van der Waals surface area contributed by atoms with Gasteiger partial charge < -0.3 is 28.1 Å². The molecule has 0 saturated carbocycles. The number of methoxy groups -OCH3 is 4. The molecule has 0 N–H and O–H groups in total. The van der Waals surface area contributed by atoms with Gasteiger partial charge in [0.15, 0.2) is 23.0 Å². The van der Waals surface area contributed by atoms with Crippen molar-refractivity contribution < 1.29 is 18.9 Å². The van der Waals surface area contributed by atoms with Gasteiger partial charge in [0.25, 0.3) is 0 Å². The molecule has 0 radical (unpaired) electrons. The molecule has 10 aromatic rings. The smallest absolute Gasteiger partial charge is 0.161 e. The molecule has 0 spiro atoms. The molecule has 0 atom stereocenters. The summed E-state index contributed by atoms with van der Waals surface area (Å²) in [5.41, 5.74) is 13.5. The predicted octanol–water partition coefficient (Wildman–Crippen LogP) is 12.6. The number of aromatic nitrogens is 4. The van der Waals surface area contributed by atoms with E-state index in [2.05, 4.69) is 165 Å². The molecule has 5 heterocycles. The number of rotatable bonds is 18. The van der Waals surface area contributed by atoms with Gasteiger partial charge in [-0.05, 0) is 97.5 Å².